The zero-order valence-corrected chi connectivity index (χ0v) is 16.0. The summed E-state index contributed by atoms with van der Waals surface area (Å²) in [5.74, 6) is 7.33. The minimum absolute atomic E-state index is 0.0318. The summed E-state index contributed by atoms with van der Waals surface area (Å²) in [5.41, 5.74) is 4.37. The molecule has 0 unspecified atom stereocenters. The molecule has 1 saturated carbocycles. The van der Waals surface area contributed by atoms with Crippen LogP contribution in [0.4, 0.5) is 6.01 Å². The number of allylic oxidation sites excluding steroid dienone is 3. The summed E-state index contributed by atoms with van der Waals surface area (Å²) in [7, 11) is 0. The number of aromatic nitrogens is 4. The number of nitrogens with two attached hydrogens (primary N) is 1. The molecule has 2 aromatic heterocycles. The van der Waals surface area contributed by atoms with E-state index >= 15 is 0 Å². The molecule has 0 amide bonds. The first-order valence-corrected chi connectivity index (χ1v) is 9.92. The number of imidazole rings is 1. The van der Waals surface area contributed by atoms with E-state index in [1.54, 1.807) is 11.3 Å². The molecule has 1 atom stereocenters. The van der Waals surface area contributed by atoms with Gasteiger partial charge in [-0.15, -0.1) is 5.10 Å². The van der Waals surface area contributed by atoms with Gasteiger partial charge in [-0.05, 0) is 37.8 Å². The number of anilines is 1. The van der Waals surface area contributed by atoms with Crippen LogP contribution < -0.4 is 10.7 Å². The third kappa shape index (κ3) is 2.93. The molecule has 0 saturated heterocycles. The Bertz CT molecular complexity index is 949. The largest absolute Gasteiger partial charge is 0.408 e. The van der Waals surface area contributed by atoms with Crippen molar-refractivity contribution >= 4 is 6.01 Å². The van der Waals surface area contributed by atoms with Crippen molar-refractivity contribution in [2.24, 2.45) is 5.84 Å². The molecule has 4 heterocycles. The Morgan fingerprint density at radius 1 is 1.36 bits per heavy atom. The summed E-state index contributed by atoms with van der Waals surface area (Å²) >= 11 is 0. The molecule has 3 N–H and O–H groups in total. The number of H-pyrrole nitrogens is 1. The highest BCUT2D eigenvalue weighted by molar-refractivity contribution is 5.40. The SMILES string of the molecule is CC1=CC=CN(N)/C1=C\C[C@H]1c2nc[nH]c2CCN1c1nnc(C2CCC2)o1. The van der Waals surface area contributed by atoms with Gasteiger partial charge in [0.05, 0.1) is 23.8 Å². The summed E-state index contributed by atoms with van der Waals surface area (Å²) in [6.07, 6.45) is 15.0. The Kier molecular flexibility index (Phi) is 4.27. The smallest absolute Gasteiger partial charge is 0.318 e. The lowest BCUT2D eigenvalue weighted by atomic mass is 9.85. The molecule has 1 aliphatic carbocycles. The van der Waals surface area contributed by atoms with E-state index in [4.69, 9.17) is 10.3 Å². The first-order valence-electron chi connectivity index (χ1n) is 9.92. The van der Waals surface area contributed by atoms with Crippen LogP contribution in [0.25, 0.3) is 0 Å². The van der Waals surface area contributed by atoms with Crippen molar-refractivity contribution in [2.45, 2.75) is 51.0 Å². The van der Waals surface area contributed by atoms with E-state index in [0.29, 0.717) is 11.9 Å². The molecule has 1 fully saturated rings. The van der Waals surface area contributed by atoms with Gasteiger partial charge in [0.1, 0.15) is 0 Å². The first kappa shape index (κ1) is 17.2. The van der Waals surface area contributed by atoms with Crippen LogP contribution in [0.15, 0.2) is 46.4 Å². The minimum Gasteiger partial charge on any atom is -0.408 e. The van der Waals surface area contributed by atoms with E-state index in [9.17, 15) is 0 Å². The van der Waals surface area contributed by atoms with Gasteiger partial charge in [0.15, 0.2) is 0 Å². The lowest BCUT2D eigenvalue weighted by molar-refractivity contribution is 0.332. The maximum atomic E-state index is 6.12. The van der Waals surface area contributed by atoms with Crippen molar-refractivity contribution in [2.75, 3.05) is 11.4 Å². The van der Waals surface area contributed by atoms with E-state index < -0.39 is 0 Å². The van der Waals surface area contributed by atoms with Crippen molar-refractivity contribution in [3.8, 4) is 0 Å². The van der Waals surface area contributed by atoms with Gasteiger partial charge in [-0.1, -0.05) is 23.7 Å². The van der Waals surface area contributed by atoms with Crippen LogP contribution in [-0.2, 0) is 6.42 Å². The molecular formula is C20H25N7O. The topological polar surface area (TPSA) is 100 Å². The number of nitrogens with one attached hydrogen (secondary N) is 1. The molecule has 2 aromatic rings. The molecule has 0 radical (unpaired) electrons. The van der Waals surface area contributed by atoms with Crippen LogP contribution in [0.5, 0.6) is 0 Å². The Balaban J connectivity index is 1.44. The van der Waals surface area contributed by atoms with Gasteiger partial charge in [-0.3, -0.25) is 5.01 Å². The fraction of sp³-hybridized carbons (Fsp3) is 0.450. The molecule has 3 aliphatic rings. The molecule has 0 bridgehead atoms. The number of nitrogens with zero attached hydrogens (tertiary/aromatic N) is 5. The number of hydrazine groups is 1. The Morgan fingerprint density at radius 3 is 3.04 bits per heavy atom. The summed E-state index contributed by atoms with van der Waals surface area (Å²) in [4.78, 5) is 10.1. The molecule has 0 spiro atoms. The lowest BCUT2D eigenvalue weighted by Crippen LogP contribution is -2.36. The molecule has 28 heavy (non-hydrogen) atoms. The fourth-order valence-electron chi connectivity index (χ4n) is 4.12. The van der Waals surface area contributed by atoms with Gasteiger partial charge in [0.25, 0.3) is 0 Å². The van der Waals surface area contributed by atoms with Crippen molar-refractivity contribution in [1.29, 1.82) is 0 Å². The molecular weight excluding hydrogens is 354 g/mol. The highest BCUT2D eigenvalue weighted by Gasteiger charge is 2.34. The van der Waals surface area contributed by atoms with Crippen LogP contribution in [0.3, 0.4) is 0 Å². The van der Waals surface area contributed by atoms with Crippen molar-refractivity contribution in [1.82, 2.24) is 25.2 Å². The highest BCUT2D eigenvalue weighted by Crippen LogP contribution is 2.39. The molecule has 8 heteroatoms. The summed E-state index contributed by atoms with van der Waals surface area (Å²) in [6.45, 7) is 2.88. The standard InChI is InChI=1S/C20H25N7O/c1-13-4-3-10-27(21)16(13)7-8-17-18-15(22-12-23-18)9-11-26(17)20-25-24-19(28-20)14-5-2-6-14/h3-4,7,10,12,14,17H,2,5-6,8-9,11,21H2,1H3,(H,22,23)/b16-7-/t17-/m0/s1. The van der Waals surface area contributed by atoms with Gasteiger partial charge in [0.2, 0.25) is 5.89 Å². The van der Waals surface area contributed by atoms with E-state index in [0.717, 1.165) is 55.1 Å². The average Bonchev–Trinajstić information content (AvgIpc) is 3.29. The predicted molar refractivity (Wildman–Crippen MR) is 105 cm³/mol. The highest BCUT2D eigenvalue weighted by atomic mass is 16.4. The van der Waals surface area contributed by atoms with Crippen LogP contribution >= 0.6 is 0 Å². The molecule has 2 aliphatic heterocycles. The number of rotatable bonds is 4. The molecule has 8 nitrogen and oxygen atoms in total. The second-order valence-corrected chi connectivity index (χ2v) is 7.70. The second kappa shape index (κ2) is 6.94. The number of aromatic amines is 1. The van der Waals surface area contributed by atoms with Gasteiger partial charge < -0.3 is 14.3 Å². The van der Waals surface area contributed by atoms with Gasteiger partial charge in [-0.25, -0.2) is 10.8 Å². The van der Waals surface area contributed by atoms with E-state index in [2.05, 4.69) is 44.1 Å². The summed E-state index contributed by atoms with van der Waals surface area (Å²) in [5, 5.41) is 10.3. The van der Waals surface area contributed by atoms with E-state index in [1.807, 2.05) is 12.3 Å². The first-order chi connectivity index (χ1) is 13.7. The normalized spacial score (nSPS) is 23.7. The van der Waals surface area contributed by atoms with Crippen molar-refractivity contribution < 1.29 is 4.42 Å². The Labute approximate surface area is 163 Å². The quantitative estimate of drug-likeness (QED) is 0.787. The third-order valence-corrected chi connectivity index (χ3v) is 5.99. The van der Waals surface area contributed by atoms with Crippen LogP contribution in [0.1, 0.15) is 61.8 Å². The van der Waals surface area contributed by atoms with Crippen LogP contribution in [-0.4, -0.2) is 31.7 Å². The average molecular weight is 379 g/mol. The van der Waals surface area contributed by atoms with Crippen LogP contribution in [0.2, 0.25) is 0 Å². The predicted octanol–water partition coefficient (Wildman–Crippen LogP) is 3.09. The second-order valence-electron chi connectivity index (χ2n) is 7.70. The number of hydrogen-bond donors (Lipinski definition) is 2. The van der Waals surface area contributed by atoms with Gasteiger partial charge in [-0.2, -0.15) is 0 Å². The lowest BCUT2D eigenvalue weighted by Gasteiger charge is -2.33. The number of hydrogen-bond acceptors (Lipinski definition) is 7. The fourth-order valence-corrected chi connectivity index (χ4v) is 4.12. The van der Waals surface area contributed by atoms with Crippen molar-refractivity contribution in [3.63, 3.8) is 0 Å². The summed E-state index contributed by atoms with van der Waals surface area (Å²) < 4.78 is 6.07. The minimum atomic E-state index is 0.0318. The van der Waals surface area contributed by atoms with E-state index in [-0.39, 0.29) is 6.04 Å². The third-order valence-electron chi connectivity index (χ3n) is 5.99. The molecule has 0 aromatic carbocycles. The zero-order chi connectivity index (χ0) is 19.1. The molecule has 146 valence electrons. The summed E-state index contributed by atoms with van der Waals surface area (Å²) in [6, 6.07) is 0.628. The van der Waals surface area contributed by atoms with E-state index in [1.165, 1.54) is 12.1 Å². The maximum absolute atomic E-state index is 6.12. The number of fused-ring (bicyclic) bond motifs is 1. The molecule has 5 rings (SSSR count). The Morgan fingerprint density at radius 2 is 2.25 bits per heavy atom. The maximum Gasteiger partial charge on any atom is 0.318 e. The zero-order valence-electron chi connectivity index (χ0n) is 16.0. The van der Waals surface area contributed by atoms with Crippen LogP contribution in [0, 0.1) is 0 Å². The Hall–Kier alpha value is -2.87. The van der Waals surface area contributed by atoms with Gasteiger partial charge in [0, 0.05) is 30.8 Å². The van der Waals surface area contributed by atoms with Crippen molar-refractivity contribution in [3.05, 3.63) is 59.3 Å². The van der Waals surface area contributed by atoms with Gasteiger partial charge >= 0.3 is 6.01 Å². The monoisotopic (exact) mass is 379 g/mol.